The highest BCUT2D eigenvalue weighted by Crippen LogP contribution is 2.29. The number of hydrogen-bond acceptors (Lipinski definition) is 5. The second kappa shape index (κ2) is 4.61. The number of carbonyl (C=O) groups excluding carboxylic acids is 1. The van der Waals surface area contributed by atoms with Crippen LogP contribution in [0.5, 0.6) is 0 Å². The van der Waals surface area contributed by atoms with Crippen molar-refractivity contribution in [2.75, 3.05) is 11.4 Å². The van der Waals surface area contributed by atoms with Crippen LogP contribution in [0.15, 0.2) is 56.4 Å². The van der Waals surface area contributed by atoms with E-state index in [1.807, 2.05) is 0 Å². The first kappa shape index (κ1) is 12.6. The van der Waals surface area contributed by atoms with E-state index < -0.39 is 10.0 Å². The molecule has 0 atom stereocenters. The summed E-state index contributed by atoms with van der Waals surface area (Å²) in [7, 11) is -3.67. The number of ketones is 1. The maximum Gasteiger partial charge on any atom is 0.285 e. The summed E-state index contributed by atoms with van der Waals surface area (Å²) in [6, 6.07) is 9.60. The maximum atomic E-state index is 12.0. The van der Waals surface area contributed by atoms with Gasteiger partial charge in [0.25, 0.3) is 10.0 Å². The van der Waals surface area contributed by atoms with Crippen molar-refractivity contribution in [1.29, 1.82) is 0 Å². The molecule has 2 heterocycles. The molecule has 2 aromatic rings. The van der Waals surface area contributed by atoms with E-state index in [1.54, 1.807) is 30.3 Å². The van der Waals surface area contributed by atoms with Gasteiger partial charge in [-0.2, -0.15) is 8.42 Å². The minimum absolute atomic E-state index is 0.0381. The van der Waals surface area contributed by atoms with Crippen LogP contribution in [-0.4, -0.2) is 27.1 Å². The second-order valence-corrected chi connectivity index (χ2v) is 5.79. The zero-order chi connectivity index (χ0) is 14.2. The Bertz CT molecular complexity index is 778. The Morgan fingerprint density at radius 2 is 2.00 bits per heavy atom. The van der Waals surface area contributed by atoms with Crippen LogP contribution in [0.2, 0.25) is 0 Å². The Morgan fingerprint density at radius 3 is 2.75 bits per heavy atom. The lowest BCUT2D eigenvalue weighted by Crippen LogP contribution is -2.32. The highest BCUT2D eigenvalue weighted by Gasteiger charge is 2.26. The monoisotopic (exact) mass is 290 g/mol. The third-order valence-corrected chi connectivity index (χ3v) is 4.16. The fraction of sp³-hybridized carbons (Fsp3) is 0.0769. The van der Waals surface area contributed by atoms with Gasteiger partial charge in [-0.3, -0.25) is 4.79 Å². The Hall–Kier alpha value is -2.41. The molecular weight excluding hydrogens is 280 g/mol. The topological polar surface area (TPSA) is 80.0 Å². The van der Waals surface area contributed by atoms with Crippen molar-refractivity contribution in [3.63, 3.8) is 0 Å². The maximum absolute atomic E-state index is 12.0. The summed E-state index contributed by atoms with van der Waals surface area (Å²) in [5.74, 6) is -0.0279. The third kappa shape index (κ3) is 2.12. The second-order valence-electron chi connectivity index (χ2n) is 4.19. The van der Waals surface area contributed by atoms with Crippen molar-refractivity contribution in [3.8, 4) is 0 Å². The summed E-state index contributed by atoms with van der Waals surface area (Å²) in [6.07, 6.45) is 2.56. The Morgan fingerprint density at radius 1 is 1.20 bits per heavy atom. The third-order valence-electron chi connectivity index (χ3n) is 2.89. The van der Waals surface area contributed by atoms with Crippen LogP contribution in [0.25, 0.3) is 0 Å². The summed E-state index contributed by atoms with van der Waals surface area (Å²) in [4.78, 5) is 13.6. The van der Waals surface area contributed by atoms with Gasteiger partial charge in [0.2, 0.25) is 5.78 Å². The van der Waals surface area contributed by atoms with E-state index in [0.717, 1.165) is 6.34 Å². The largest absolute Gasteiger partial charge is 0.461 e. The van der Waals surface area contributed by atoms with Crippen LogP contribution in [-0.2, 0) is 10.0 Å². The predicted octanol–water partition coefficient (Wildman–Crippen LogP) is 1.70. The Kier molecular flexibility index (Phi) is 2.90. The average molecular weight is 290 g/mol. The van der Waals surface area contributed by atoms with Crippen LogP contribution in [0, 0.1) is 0 Å². The van der Waals surface area contributed by atoms with Crippen LogP contribution < -0.4 is 4.90 Å². The fourth-order valence-electron chi connectivity index (χ4n) is 1.95. The molecule has 0 saturated carbocycles. The quantitative estimate of drug-likeness (QED) is 0.804. The zero-order valence-corrected chi connectivity index (χ0v) is 11.1. The standard InChI is InChI=1S/C13H10N2O4S/c16-11(12-5-3-7-19-12)8-15-9-14-20(17,18)13-6-2-1-4-10(13)15/h1-7,9H,8H2. The molecule has 0 spiro atoms. The summed E-state index contributed by atoms with van der Waals surface area (Å²) in [6.45, 7) is -0.0381. The highest BCUT2D eigenvalue weighted by molar-refractivity contribution is 7.90. The van der Waals surface area contributed by atoms with Crippen LogP contribution in [0.3, 0.4) is 0 Å². The molecule has 0 bridgehead atoms. The van der Waals surface area contributed by atoms with Gasteiger partial charge in [0.05, 0.1) is 18.5 Å². The van der Waals surface area contributed by atoms with Crippen molar-refractivity contribution in [2.24, 2.45) is 4.40 Å². The van der Waals surface area contributed by atoms with E-state index in [4.69, 9.17) is 4.42 Å². The van der Waals surface area contributed by atoms with Gasteiger partial charge in [-0.1, -0.05) is 12.1 Å². The van der Waals surface area contributed by atoms with Gasteiger partial charge in [0.15, 0.2) is 5.76 Å². The number of anilines is 1. The molecule has 1 aromatic carbocycles. The average Bonchev–Trinajstić information content (AvgIpc) is 2.96. The molecule has 0 aliphatic carbocycles. The van der Waals surface area contributed by atoms with Gasteiger partial charge in [0, 0.05) is 0 Å². The molecule has 102 valence electrons. The first-order chi connectivity index (χ1) is 9.58. The summed E-state index contributed by atoms with van der Waals surface area (Å²) >= 11 is 0. The molecule has 0 saturated heterocycles. The van der Waals surface area contributed by atoms with Crippen LogP contribution in [0.4, 0.5) is 5.69 Å². The number of nitrogens with zero attached hydrogens (tertiary/aromatic N) is 2. The molecule has 0 radical (unpaired) electrons. The van der Waals surface area contributed by atoms with E-state index in [0.29, 0.717) is 5.69 Å². The molecule has 1 aromatic heterocycles. The van der Waals surface area contributed by atoms with E-state index in [1.165, 1.54) is 17.2 Å². The number of para-hydroxylation sites is 1. The van der Waals surface area contributed by atoms with Gasteiger partial charge in [-0.15, -0.1) is 4.40 Å². The molecule has 1 aliphatic heterocycles. The lowest BCUT2D eigenvalue weighted by atomic mass is 10.2. The lowest BCUT2D eigenvalue weighted by Gasteiger charge is -2.23. The molecular formula is C13H10N2O4S. The molecule has 0 amide bonds. The summed E-state index contributed by atoms with van der Waals surface area (Å²) in [5.41, 5.74) is 0.433. The Labute approximate surface area is 115 Å². The van der Waals surface area contributed by atoms with E-state index in [2.05, 4.69) is 4.40 Å². The minimum Gasteiger partial charge on any atom is -0.461 e. The number of sulfonamides is 1. The molecule has 0 fully saturated rings. The normalized spacial score (nSPS) is 15.9. The number of hydrogen-bond donors (Lipinski definition) is 0. The molecule has 6 nitrogen and oxygen atoms in total. The van der Waals surface area contributed by atoms with Gasteiger partial charge in [-0.05, 0) is 24.3 Å². The number of carbonyl (C=O) groups is 1. The number of furan rings is 1. The molecule has 0 N–H and O–H groups in total. The number of Topliss-reactive ketones (excluding diaryl/α,β-unsaturated/α-hetero) is 1. The first-order valence-corrected chi connectivity index (χ1v) is 7.25. The smallest absolute Gasteiger partial charge is 0.285 e. The molecule has 1 aliphatic rings. The molecule has 20 heavy (non-hydrogen) atoms. The first-order valence-electron chi connectivity index (χ1n) is 5.81. The molecule has 0 unspecified atom stereocenters. The molecule has 7 heteroatoms. The molecule has 3 rings (SSSR count). The fourth-order valence-corrected chi connectivity index (χ4v) is 3.00. The van der Waals surface area contributed by atoms with Crippen molar-refractivity contribution in [1.82, 2.24) is 0 Å². The highest BCUT2D eigenvalue weighted by atomic mass is 32.2. The summed E-state index contributed by atoms with van der Waals surface area (Å²) in [5, 5.41) is 0. The van der Waals surface area contributed by atoms with Crippen molar-refractivity contribution < 1.29 is 17.6 Å². The number of rotatable bonds is 3. The van der Waals surface area contributed by atoms with Crippen molar-refractivity contribution in [3.05, 3.63) is 48.4 Å². The van der Waals surface area contributed by atoms with E-state index in [9.17, 15) is 13.2 Å². The van der Waals surface area contributed by atoms with Gasteiger partial charge in [0.1, 0.15) is 11.2 Å². The number of fused-ring (bicyclic) bond motifs is 1. The van der Waals surface area contributed by atoms with Crippen LogP contribution >= 0.6 is 0 Å². The van der Waals surface area contributed by atoms with Crippen molar-refractivity contribution >= 4 is 27.8 Å². The van der Waals surface area contributed by atoms with Gasteiger partial charge < -0.3 is 9.32 Å². The van der Waals surface area contributed by atoms with Crippen LogP contribution in [0.1, 0.15) is 10.6 Å². The number of benzene rings is 1. The minimum atomic E-state index is -3.67. The van der Waals surface area contributed by atoms with Crippen molar-refractivity contribution in [2.45, 2.75) is 4.90 Å². The van der Waals surface area contributed by atoms with E-state index >= 15 is 0 Å². The lowest BCUT2D eigenvalue weighted by molar-refractivity contribution is 0.0976. The predicted molar refractivity (Wildman–Crippen MR) is 72.5 cm³/mol. The summed E-state index contributed by atoms with van der Waals surface area (Å²) < 4.78 is 32.1. The zero-order valence-electron chi connectivity index (χ0n) is 10.3. The Balaban J connectivity index is 1.95. The van der Waals surface area contributed by atoms with Gasteiger partial charge >= 0.3 is 0 Å². The SMILES string of the molecule is O=C(CN1C=NS(=O)(=O)c2ccccc21)c1ccco1. The van der Waals surface area contributed by atoms with Gasteiger partial charge in [-0.25, -0.2) is 0 Å². The van der Waals surface area contributed by atoms with E-state index in [-0.39, 0.29) is 23.0 Å².